The lowest BCUT2D eigenvalue weighted by Crippen LogP contribution is -2.64. The molecule has 0 aliphatic carbocycles. The van der Waals surface area contributed by atoms with E-state index in [1.54, 1.807) is 0 Å². The molecule has 0 bridgehead atoms. The van der Waals surface area contributed by atoms with E-state index in [-0.39, 0.29) is 13.0 Å². The first-order valence-electron chi connectivity index (χ1n) is 6.47. The molecule has 1 atom stereocenters. The lowest BCUT2D eigenvalue weighted by atomic mass is 10.1. The summed E-state index contributed by atoms with van der Waals surface area (Å²) in [7, 11) is 0. The zero-order valence-corrected chi connectivity index (χ0v) is 12.1. The largest absolute Gasteiger partial charge is 0.477 e. The third kappa shape index (κ3) is 6.06. The maximum atomic E-state index is 12.0. The van der Waals surface area contributed by atoms with Gasteiger partial charge in [0.25, 0.3) is 0 Å². The molecule has 0 spiro atoms. The van der Waals surface area contributed by atoms with Crippen LogP contribution in [0.2, 0.25) is 0 Å². The zero-order chi connectivity index (χ0) is 17.3. The monoisotopic (exact) mass is 322 g/mol. The number of aliphatic carboxylic acids is 3. The van der Waals surface area contributed by atoms with Gasteiger partial charge in [0.05, 0.1) is 6.61 Å². The molecule has 0 aromatic rings. The molecule has 0 saturated carbocycles. The molecule has 0 saturated heterocycles. The Hall–Kier alpha value is -2.20. The summed E-state index contributed by atoms with van der Waals surface area (Å²) in [5.41, 5.74) is 0. The standard InChI is InChI=1S/C12H19NO9/c1-2-8(12(21)22-4-3-14)13(5-9(15)16,6-10(17)18)7-11(19)20/h8,14H,2-7H2,1H3,(H2-,15,16,17,18,19,20)/p+1. The number of rotatable bonds is 11. The molecule has 10 heteroatoms. The number of carbonyl (C=O) groups is 4. The van der Waals surface area contributed by atoms with E-state index in [4.69, 9.17) is 25.2 Å². The van der Waals surface area contributed by atoms with Gasteiger partial charge in [-0.2, -0.15) is 0 Å². The molecule has 126 valence electrons. The van der Waals surface area contributed by atoms with Crippen molar-refractivity contribution >= 4 is 23.9 Å². The van der Waals surface area contributed by atoms with Gasteiger partial charge in [-0.15, -0.1) is 0 Å². The average molecular weight is 322 g/mol. The highest BCUT2D eigenvalue weighted by Gasteiger charge is 2.46. The van der Waals surface area contributed by atoms with Gasteiger partial charge in [-0.1, -0.05) is 6.92 Å². The van der Waals surface area contributed by atoms with Crippen molar-refractivity contribution in [2.24, 2.45) is 0 Å². The van der Waals surface area contributed by atoms with Crippen LogP contribution in [0.25, 0.3) is 0 Å². The molecule has 0 amide bonds. The van der Waals surface area contributed by atoms with Crippen LogP contribution in [0.1, 0.15) is 13.3 Å². The number of aliphatic hydroxyl groups is 1. The highest BCUT2D eigenvalue weighted by Crippen LogP contribution is 2.19. The summed E-state index contributed by atoms with van der Waals surface area (Å²) in [5.74, 6) is -5.25. The molecule has 4 N–H and O–H groups in total. The van der Waals surface area contributed by atoms with E-state index in [0.29, 0.717) is 0 Å². The molecule has 0 aromatic heterocycles. The molecular formula is C12H20NO9+. The van der Waals surface area contributed by atoms with Crippen molar-refractivity contribution in [2.45, 2.75) is 19.4 Å². The average Bonchev–Trinajstić information content (AvgIpc) is 2.34. The molecule has 0 rings (SSSR count). The number of aliphatic hydroxyl groups excluding tert-OH is 1. The second-order valence-electron chi connectivity index (χ2n) is 4.69. The summed E-state index contributed by atoms with van der Waals surface area (Å²) < 4.78 is 3.71. The normalized spacial score (nSPS) is 12.5. The minimum Gasteiger partial charge on any atom is -0.477 e. The number of carboxylic acid groups (broad SMARTS) is 3. The van der Waals surface area contributed by atoms with Crippen molar-refractivity contribution in [2.75, 3.05) is 32.8 Å². The summed E-state index contributed by atoms with van der Waals surface area (Å²) in [4.78, 5) is 45.1. The van der Waals surface area contributed by atoms with Crippen LogP contribution in [-0.4, -0.2) is 87.7 Å². The number of hydrogen-bond donors (Lipinski definition) is 4. The molecule has 1 unspecified atom stereocenters. The maximum absolute atomic E-state index is 12.0. The Morgan fingerprint density at radius 2 is 1.36 bits per heavy atom. The summed E-state index contributed by atoms with van der Waals surface area (Å²) in [6, 6.07) is -1.28. The van der Waals surface area contributed by atoms with E-state index in [9.17, 15) is 19.2 Å². The third-order valence-corrected chi connectivity index (χ3v) is 3.01. The van der Waals surface area contributed by atoms with Crippen LogP contribution in [0.4, 0.5) is 0 Å². The van der Waals surface area contributed by atoms with Crippen LogP contribution in [0.3, 0.4) is 0 Å². The molecule has 0 heterocycles. The predicted octanol–water partition coefficient (Wildman–Crippen LogP) is -1.63. The fraction of sp³-hybridized carbons (Fsp3) is 0.667. The van der Waals surface area contributed by atoms with Crippen molar-refractivity contribution in [1.82, 2.24) is 0 Å². The molecular weight excluding hydrogens is 302 g/mol. The molecule has 10 nitrogen and oxygen atoms in total. The first-order chi connectivity index (χ1) is 10.2. The Morgan fingerprint density at radius 1 is 0.955 bits per heavy atom. The SMILES string of the molecule is CCC(C(=O)OCCO)[N+](CC(=O)O)(CC(=O)O)CC(=O)O. The van der Waals surface area contributed by atoms with Crippen molar-refractivity contribution in [3.63, 3.8) is 0 Å². The first kappa shape index (κ1) is 19.8. The van der Waals surface area contributed by atoms with E-state index in [1.165, 1.54) is 6.92 Å². The van der Waals surface area contributed by atoms with Crippen LogP contribution in [0.15, 0.2) is 0 Å². The maximum Gasteiger partial charge on any atom is 0.365 e. The molecule has 0 fully saturated rings. The number of nitrogens with zero attached hydrogens (tertiary/aromatic N) is 1. The summed E-state index contributed by atoms with van der Waals surface area (Å²) in [5, 5.41) is 35.6. The number of carbonyl (C=O) groups excluding carboxylic acids is 1. The van der Waals surface area contributed by atoms with Gasteiger partial charge in [0.15, 0.2) is 25.7 Å². The van der Waals surface area contributed by atoms with Crippen molar-refractivity contribution in [1.29, 1.82) is 0 Å². The summed E-state index contributed by atoms with van der Waals surface area (Å²) in [6.45, 7) is -1.88. The number of carboxylic acids is 3. The van der Waals surface area contributed by atoms with Gasteiger partial charge >= 0.3 is 23.9 Å². The minimum absolute atomic E-state index is 0.0158. The van der Waals surface area contributed by atoms with Gasteiger partial charge in [-0.25, -0.2) is 19.2 Å². The van der Waals surface area contributed by atoms with Crippen molar-refractivity contribution in [3.8, 4) is 0 Å². The van der Waals surface area contributed by atoms with Crippen molar-refractivity contribution < 1.29 is 48.8 Å². The third-order valence-electron chi connectivity index (χ3n) is 3.01. The molecule has 22 heavy (non-hydrogen) atoms. The van der Waals surface area contributed by atoms with Crippen LogP contribution in [-0.2, 0) is 23.9 Å². The smallest absolute Gasteiger partial charge is 0.365 e. The van der Waals surface area contributed by atoms with Crippen LogP contribution in [0.5, 0.6) is 0 Å². The number of ether oxygens (including phenoxy) is 1. The summed E-state index contributed by atoms with van der Waals surface area (Å²) in [6.07, 6.45) is -0.0158. The number of hydrogen-bond acceptors (Lipinski definition) is 6. The first-order valence-corrected chi connectivity index (χ1v) is 6.47. The van der Waals surface area contributed by atoms with Crippen molar-refractivity contribution in [3.05, 3.63) is 0 Å². The molecule has 0 aliphatic heterocycles. The van der Waals surface area contributed by atoms with Gasteiger partial charge in [0, 0.05) is 6.42 Å². The van der Waals surface area contributed by atoms with Gasteiger partial charge in [-0.3, -0.25) is 4.48 Å². The van der Waals surface area contributed by atoms with Gasteiger partial charge in [-0.05, 0) is 0 Å². The Morgan fingerprint density at radius 3 is 1.64 bits per heavy atom. The molecule has 0 aromatic carbocycles. The van der Waals surface area contributed by atoms with Crippen LogP contribution >= 0.6 is 0 Å². The highest BCUT2D eigenvalue weighted by atomic mass is 16.5. The van der Waals surface area contributed by atoms with E-state index >= 15 is 0 Å². The van der Waals surface area contributed by atoms with E-state index in [2.05, 4.69) is 0 Å². The topological polar surface area (TPSA) is 158 Å². The number of esters is 1. The fourth-order valence-electron chi connectivity index (χ4n) is 2.33. The van der Waals surface area contributed by atoms with Gasteiger partial charge < -0.3 is 25.2 Å². The molecule has 0 radical (unpaired) electrons. The number of quaternary nitrogens is 1. The lowest BCUT2D eigenvalue weighted by Gasteiger charge is -2.39. The predicted molar refractivity (Wildman–Crippen MR) is 69.9 cm³/mol. The van der Waals surface area contributed by atoms with Crippen LogP contribution < -0.4 is 0 Å². The Labute approximate surface area is 126 Å². The fourth-order valence-corrected chi connectivity index (χ4v) is 2.33. The second kappa shape index (κ2) is 8.95. The van der Waals surface area contributed by atoms with E-state index < -0.39 is 60.6 Å². The van der Waals surface area contributed by atoms with E-state index in [0.717, 1.165) is 0 Å². The van der Waals surface area contributed by atoms with Gasteiger partial charge in [0.2, 0.25) is 0 Å². The van der Waals surface area contributed by atoms with Crippen LogP contribution in [0, 0.1) is 0 Å². The van der Waals surface area contributed by atoms with Gasteiger partial charge in [0.1, 0.15) is 6.61 Å². The Bertz CT molecular complexity index is 394. The highest BCUT2D eigenvalue weighted by molar-refractivity contribution is 5.78. The van der Waals surface area contributed by atoms with E-state index in [1.807, 2.05) is 0 Å². The second-order valence-corrected chi connectivity index (χ2v) is 4.69. The summed E-state index contributed by atoms with van der Waals surface area (Å²) >= 11 is 0. The molecule has 0 aliphatic rings. The zero-order valence-electron chi connectivity index (χ0n) is 12.1. The minimum atomic E-state index is -1.43. The Balaban J connectivity index is 5.70. The lowest BCUT2D eigenvalue weighted by molar-refractivity contribution is -0.923. The quantitative estimate of drug-likeness (QED) is 0.259. The Kier molecular flexibility index (Phi) is 8.05.